The van der Waals surface area contributed by atoms with Gasteiger partial charge in [-0.2, -0.15) is 0 Å². The molecular formula is C18H20ClNO3. The van der Waals surface area contributed by atoms with Gasteiger partial charge in [0, 0.05) is 11.6 Å². The second-order valence-electron chi connectivity index (χ2n) is 5.34. The van der Waals surface area contributed by atoms with Gasteiger partial charge in [-0.05, 0) is 49.7 Å². The summed E-state index contributed by atoms with van der Waals surface area (Å²) in [6.45, 7) is 4.32. The van der Waals surface area contributed by atoms with E-state index >= 15 is 0 Å². The van der Waals surface area contributed by atoms with Crippen molar-refractivity contribution in [2.45, 2.75) is 26.5 Å². The summed E-state index contributed by atoms with van der Waals surface area (Å²) >= 11 is 5.86. The number of amides is 1. The molecule has 1 amide bonds. The van der Waals surface area contributed by atoms with E-state index in [1.54, 1.807) is 24.3 Å². The van der Waals surface area contributed by atoms with Crippen molar-refractivity contribution < 1.29 is 14.3 Å². The molecule has 1 N–H and O–H groups in total. The summed E-state index contributed by atoms with van der Waals surface area (Å²) in [4.78, 5) is 11.8. The predicted molar refractivity (Wildman–Crippen MR) is 91.0 cm³/mol. The molecule has 0 aliphatic carbocycles. The normalized spacial score (nSPS) is 10.4. The van der Waals surface area contributed by atoms with Crippen LogP contribution in [0.25, 0.3) is 0 Å². The van der Waals surface area contributed by atoms with Gasteiger partial charge in [0.25, 0.3) is 5.91 Å². The Morgan fingerprint density at radius 3 is 2.61 bits per heavy atom. The van der Waals surface area contributed by atoms with Crippen LogP contribution in [0, 0.1) is 0 Å². The maximum Gasteiger partial charge on any atom is 0.258 e. The first kappa shape index (κ1) is 17.2. The second kappa shape index (κ2) is 8.44. The van der Waals surface area contributed by atoms with Crippen molar-refractivity contribution in [1.29, 1.82) is 0 Å². The fourth-order valence-electron chi connectivity index (χ4n) is 1.96. The Balaban J connectivity index is 1.80. The molecule has 5 heteroatoms. The Morgan fingerprint density at radius 1 is 1.13 bits per heavy atom. The highest BCUT2D eigenvalue weighted by Gasteiger charge is 2.05. The first-order valence-corrected chi connectivity index (χ1v) is 7.81. The monoisotopic (exact) mass is 333 g/mol. The van der Waals surface area contributed by atoms with Crippen LogP contribution in [-0.2, 0) is 11.3 Å². The second-order valence-corrected chi connectivity index (χ2v) is 5.77. The van der Waals surface area contributed by atoms with Gasteiger partial charge in [0.2, 0.25) is 0 Å². The van der Waals surface area contributed by atoms with E-state index in [9.17, 15) is 4.79 Å². The summed E-state index contributed by atoms with van der Waals surface area (Å²) in [5, 5.41) is 3.39. The zero-order valence-electron chi connectivity index (χ0n) is 13.2. The number of nitrogens with one attached hydrogen (secondary N) is 1. The molecule has 0 aliphatic heterocycles. The molecule has 0 aromatic heterocycles. The van der Waals surface area contributed by atoms with Gasteiger partial charge in [0.15, 0.2) is 6.61 Å². The van der Waals surface area contributed by atoms with Crippen LogP contribution >= 0.6 is 11.6 Å². The van der Waals surface area contributed by atoms with Crippen molar-refractivity contribution in [3.8, 4) is 11.5 Å². The summed E-state index contributed by atoms with van der Waals surface area (Å²) < 4.78 is 11.0. The fraction of sp³-hybridized carbons (Fsp3) is 0.278. The maximum atomic E-state index is 11.8. The number of carbonyl (C=O) groups excluding carboxylic acids is 1. The summed E-state index contributed by atoms with van der Waals surface area (Å²) in [6.07, 6.45) is 0.117. The van der Waals surface area contributed by atoms with Crippen LogP contribution in [0.3, 0.4) is 0 Å². The van der Waals surface area contributed by atoms with Crippen LogP contribution in [0.2, 0.25) is 5.02 Å². The zero-order chi connectivity index (χ0) is 16.7. The number of hydrogen-bond donors (Lipinski definition) is 1. The minimum atomic E-state index is -0.194. The van der Waals surface area contributed by atoms with Gasteiger partial charge in [-0.15, -0.1) is 0 Å². The van der Waals surface area contributed by atoms with Gasteiger partial charge < -0.3 is 14.8 Å². The van der Waals surface area contributed by atoms with Crippen molar-refractivity contribution in [2.24, 2.45) is 0 Å². The average Bonchev–Trinajstić information content (AvgIpc) is 2.51. The molecule has 0 saturated carbocycles. The van der Waals surface area contributed by atoms with E-state index in [4.69, 9.17) is 21.1 Å². The summed E-state index contributed by atoms with van der Waals surface area (Å²) in [5.74, 6) is 1.17. The smallest absolute Gasteiger partial charge is 0.258 e. The highest BCUT2D eigenvalue weighted by Crippen LogP contribution is 2.17. The van der Waals surface area contributed by atoms with E-state index in [0.717, 1.165) is 11.3 Å². The zero-order valence-corrected chi connectivity index (χ0v) is 14.0. The molecule has 0 atom stereocenters. The third kappa shape index (κ3) is 6.20. The van der Waals surface area contributed by atoms with Gasteiger partial charge in [-0.3, -0.25) is 4.79 Å². The Hall–Kier alpha value is -2.20. The summed E-state index contributed by atoms with van der Waals surface area (Å²) in [7, 11) is 0. The third-order valence-corrected chi connectivity index (χ3v) is 3.16. The fourth-order valence-corrected chi connectivity index (χ4v) is 2.14. The molecule has 0 saturated heterocycles. The van der Waals surface area contributed by atoms with E-state index < -0.39 is 0 Å². The molecule has 4 nitrogen and oxygen atoms in total. The van der Waals surface area contributed by atoms with Crippen LogP contribution in [0.4, 0.5) is 0 Å². The molecule has 0 heterocycles. The molecule has 0 aliphatic rings. The van der Waals surface area contributed by atoms with Crippen LogP contribution in [0.15, 0.2) is 48.5 Å². The van der Waals surface area contributed by atoms with Crippen molar-refractivity contribution in [3.05, 3.63) is 59.1 Å². The summed E-state index contributed by atoms with van der Waals surface area (Å²) in [6, 6.07) is 14.6. The van der Waals surface area contributed by atoms with Crippen molar-refractivity contribution in [3.63, 3.8) is 0 Å². The molecule has 0 unspecified atom stereocenters. The standard InChI is InChI=1S/C18H20ClNO3/c1-13(2)23-17-8-3-5-14(9-17)11-20-18(21)12-22-16-7-4-6-15(19)10-16/h3-10,13H,11-12H2,1-2H3,(H,20,21). The topological polar surface area (TPSA) is 47.6 Å². The first-order valence-electron chi connectivity index (χ1n) is 7.43. The van der Waals surface area contributed by atoms with Crippen LogP contribution in [0.5, 0.6) is 11.5 Å². The number of rotatable bonds is 7. The number of halogens is 1. The van der Waals surface area contributed by atoms with Gasteiger partial charge in [0.05, 0.1) is 6.10 Å². The number of benzene rings is 2. The lowest BCUT2D eigenvalue weighted by Gasteiger charge is -2.11. The lowest BCUT2D eigenvalue weighted by Crippen LogP contribution is -2.28. The lowest BCUT2D eigenvalue weighted by molar-refractivity contribution is -0.123. The Morgan fingerprint density at radius 2 is 1.87 bits per heavy atom. The molecule has 2 rings (SSSR count). The molecule has 2 aromatic rings. The van der Waals surface area contributed by atoms with Crippen molar-refractivity contribution in [2.75, 3.05) is 6.61 Å². The highest BCUT2D eigenvalue weighted by molar-refractivity contribution is 6.30. The van der Waals surface area contributed by atoms with Crippen LogP contribution in [-0.4, -0.2) is 18.6 Å². The molecule has 2 aromatic carbocycles. The number of ether oxygens (including phenoxy) is 2. The first-order chi connectivity index (χ1) is 11.0. The quantitative estimate of drug-likeness (QED) is 0.837. The van der Waals surface area contributed by atoms with Crippen LogP contribution < -0.4 is 14.8 Å². The van der Waals surface area contributed by atoms with Crippen molar-refractivity contribution >= 4 is 17.5 Å². The molecule has 0 bridgehead atoms. The van der Waals surface area contributed by atoms with Crippen LogP contribution in [0.1, 0.15) is 19.4 Å². The van der Waals surface area contributed by atoms with Gasteiger partial charge >= 0.3 is 0 Å². The van der Waals surface area contributed by atoms with E-state index in [1.165, 1.54) is 0 Å². The van der Waals surface area contributed by atoms with E-state index in [0.29, 0.717) is 17.3 Å². The molecule has 0 radical (unpaired) electrons. The SMILES string of the molecule is CC(C)Oc1cccc(CNC(=O)COc2cccc(Cl)c2)c1. The van der Waals surface area contributed by atoms with E-state index in [1.807, 2.05) is 38.1 Å². The third-order valence-electron chi connectivity index (χ3n) is 2.93. The largest absolute Gasteiger partial charge is 0.491 e. The Kier molecular flexibility index (Phi) is 6.29. The summed E-state index contributed by atoms with van der Waals surface area (Å²) in [5.41, 5.74) is 0.972. The van der Waals surface area contributed by atoms with Gasteiger partial charge in [-0.25, -0.2) is 0 Å². The number of carbonyl (C=O) groups is 1. The Labute approximate surface area is 141 Å². The number of hydrogen-bond acceptors (Lipinski definition) is 3. The van der Waals surface area contributed by atoms with Crippen molar-refractivity contribution in [1.82, 2.24) is 5.32 Å². The molecule has 0 fully saturated rings. The minimum Gasteiger partial charge on any atom is -0.491 e. The molecule has 23 heavy (non-hydrogen) atoms. The van der Waals surface area contributed by atoms with E-state index in [-0.39, 0.29) is 18.6 Å². The Bertz CT molecular complexity index is 658. The minimum absolute atomic E-state index is 0.0530. The molecule has 0 spiro atoms. The van der Waals surface area contributed by atoms with E-state index in [2.05, 4.69) is 5.32 Å². The molecular weight excluding hydrogens is 314 g/mol. The maximum absolute atomic E-state index is 11.8. The predicted octanol–water partition coefficient (Wildman–Crippen LogP) is 3.82. The molecule has 122 valence electrons. The lowest BCUT2D eigenvalue weighted by atomic mass is 10.2. The van der Waals surface area contributed by atoms with Gasteiger partial charge in [-0.1, -0.05) is 29.8 Å². The van der Waals surface area contributed by atoms with Gasteiger partial charge in [0.1, 0.15) is 11.5 Å². The highest BCUT2D eigenvalue weighted by atomic mass is 35.5. The average molecular weight is 334 g/mol.